The summed E-state index contributed by atoms with van der Waals surface area (Å²) in [5.41, 5.74) is 0.867. The third-order valence-corrected chi connectivity index (χ3v) is 2.88. The van der Waals surface area contributed by atoms with E-state index in [9.17, 15) is 4.79 Å². The van der Waals surface area contributed by atoms with Crippen LogP contribution in [0.3, 0.4) is 0 Å². The quantitative estimate of drug-likeness (QED) is 0.908. The Bertz CT molecular complexity index is 394. The van der Waals surface area contributed by atoms with Crippen LogP contribution in [0.4, 0.5) is 0 Å². The molecule has 1 amide bonds. The average Bonchev–Trinajstić information content (AvgIpc) is 2.22. The monoisotopic (exact) mass is 261 g/mol. The minimum Gasteiger partial charge on any atom is -0.384 e. The number of nitrogens with zero attached hydrogens (tertiary/aromatic N) is 1. The lowest BCUT2D eigenvalue weighted by molar-refractivity contribution is -0.138. The van der Waals surface area contributed by atoms with Crippen LogP contribution in [0.25, 0.3) is 0 Å². The maximum Gasteiger partial charge on any atom is 0.251 e. The summed E-state index contributed by atoms with van der Waals surface area (Å²) in [7, 11) is 1.62. The first-order valence-electron chi connectivity index (χ1n) is 4.78. The van der Waals surface area contributed by atoms with Crippen LogP contribution in [0.1, 0.15) is 12.5 Å². The molecule has 1 atom stereocenters. The molecule has 1 aromatic rings. The Balaban J connectivity index is 2.73. The second-order valence-corrected chi connectivity index (χ2v) is 4.43. The van der Waals surface area contributed by atoms with E-state index in [0.29, 0.717) is 16.6 Å². The molecule has 88 valence electrons. The molecular formula is C11H13Cl2NO2. The van der Waals surface area contributed by atoms with Crippen LogP contribution in [0.5, 0.6) is 0 Å². The van der Waals surface area contributed by atoms with Gasteiger partial charge in [-0.05, 0) is 24.6 Å². The van der Waals surface area contributed by atoms with Crippen molar-refractivity contribution in [3.05, 3.63) is 33.8 Å². The molecule has 0 heterocycles. The van der Waals surface area contributed by atoms with Gasteiger partial charge in [0.15, 0.2) is 0 Å². The number of rotatable bonds is 3. The molecule has 0 saturated carbocycles. The van der Waals surface area contributed by atoms with Crippen molar-refractivity contribution >= 4 is 29.1 Å². The second kappa shape index (κ2) is 5.53. The molecule has 0 aliphatic carbocycles. The van der Waals surface area contributed by atoms with Gasteiger partial charge in [0.1, 0.15) is 6.10 Å². The average molecular weight is 262 g/mol. The van der Waals surface area contributed by atoms with Crippen molar-refractivity contribution in [3.8, 4) is 0 Å². The van der Waals surface area contributed by atoms with Crippen molar-refractivity contribution < 1.29 is 9.90 Å². The summed E-state index contributed by atoms with van der Waals surface area (Å²) < 4.78 is 0. The number of carbonyl (C=O) groups excluding carboxylic acids is 1. The first-order valence-corrected chi connectivity index (χ1v) is 5.54. The molecule has 0 saturated heterocycles. The van der Waals surface area contributed by atoms with Crippen LogP contribution in [0.2, 0.25) is 10.0 Å². The first-order chi connectivity index (χ1) is 7.41. The fourth-order valence-electron chi connectivity index (χ4n) is 1.31. The van der Waals surface area contributed by atoms with Gasteiger partial charge in [-0.3, -0.25) is 4.79 Å². The lowest BCUT2D eigenvalue weighted by Crippen LogP contribution is -2.34. The molecule has 1 rings (SSSR count). The molecule has 5 heteroatoms. The van der Waals surface area contributed by atoms with Gasteiger partial charge in [0.05, 0.1) is 10.0 Å². The predicted molar refractivity (Wildman–Crippen MR) is 64.6 cm³/mol. The van der Waals surface area contributed by atoms with Gasteiger partial charge in [0, 0.05) is 13.6 Å². The highest BCUT2D eigenvalue weighted by Gasteiger charge is 2.14. The van der Waals surface area contributed by atoms with Gasteiger partial charge in [-0.2, -0.15) is 0 Å². The number of aliphatic hydroxyl groups excluding tert-OH is 1. The molecule has 0 aromatic heterocycles. The maximum atomic E-state index is 11.4. The highest BCUT2D eigenvalue weighted by molar-refractivity contribution is 6.42. The van der Waals surface area contributed by atoms with Gasteiger partial charge >= 0.3 is 0 Å². The van der Waals surface area contributed by atoms with Crippen LogP contribution in [-0.4, -0.2) is 29.1 Å². The summed E-state index contributed by atoms with van der Waals surface area (Å²) in [6.07, 6.45) is -0.993. The molecule has 1 aromatic carbocycles. The van der Waals surface area contributed by atoms with Crippen molar-refractivity contribution in [2.24, 2.45) is 0 Å². The largest absolute Gasteiger partial charge is 0.384 e. The Morgan fingerprint density at radius 1 is 1.44 bits per heavy atom. The maximum absolute atomic E-state index is 11.4. The normalized spacial score (nSPS) is 12.3. The Hall–Kier alpha value is -0.770. The molecule has 3 nitrogen and oxygen atoms in total. The number of likely N-dealkylation sites (N-methyl/N-ethyl adjacent to an activating group) is 1. The highest BCUT2D eigenvalue weighted by Crippen LogP contribution is 2.23. The van der Waals surface area contributed by atoms with Crippen molar-refractivity contribution in [1.29, 1.82) is 0 Å². The van der Waals surface area contributed by atoms with E-state index >= 15 is 0 Å². The molecule has 0 radical (unpaired) electrons. The van der Waals surface area contributed by atoms with Crippen molar-refractivity contribution in [2.75, 3.05) is 7.05 Å². The van der Waals surface area contributed by atoms with Gasteiger partial charge in [-0.1, -0.05) is 29.3 Å². The van der Waals surface area contributed by atoms with E-state index in [1.165, 1.54) is 11.8 Å². The molecule has 0 spiro atoms. The van der Waals surface area contributed by atoms with E-state index in [1.807, 2.05) is 0 Å². The van der Waals surface area contributed by atoms with Gasteiger partial charge in [-0.15, -0.1) is 0 Å². The summed E-state index contributed by atoms with van der Waals surface area (Å²) in [5.74, 6) is -0.328. The van der Waals surface area contributed by atoms with Crippen LogP contribution in [-0.2, 0) is 11.3 Å². The molecule has 1 unspecified atom stereocenters. The fraction of sp³-hybridized carbons (Fsp3) is 0.364. The fourth-order valence-corrected chi connectivity index (χ4v) is 1.63. The molecule has 16 heavy (non-hydrogen) atoms. The number of amides is 1. The van der Waals surface area contributed by atoms with Crippen molar-refractivity contribution in [2.45, 2.75) is 19.6 Å². The van der Waals surface area contributed by atoms with Gasteiger partial charge in [0.25, 0.3) is 5.91 Å². The minimum absolute atomic E-state index is 0.328. The summed E-state index contributed by atoms with van der Waals surface area (Å²) in [6.45, 7) is 1.83. The number of aliphatic hydroxyl groups is 1. The third-order valence-electron chi connectivity index (χ3n) is 2.14. The molecule has 0 aliphatic heterocycles. The zero-order valence-electron chi connectivity index (χ0n) is 9.08. The smallest absolute Gasteiger partial charge is 0.251 e. The molecular weight excluding hydrogens is 249 g/mol. The Morgan fingerprint density at radius 2 is 2.06 bits per heavy atom. The van der Waals surface area contributed by atoms with Gasteiger partial charge in [-0.25, -0.2) is 0 Å². The number of halogens is 2. The summed E-state index contributed by atoms with van der Waals surface area (Å²) >= 11 is 11.6. The molecule has 0 fully saturated rings. The zero-order valence-corrected chi connectivity index (χ0v) is 10.6. The Kier molecular flexibility index (Phi) is 4.59. The van der Waals surface area contributed by atoms with E-state index in [1.54, 1.807) is 25.2 Å². The topological polar surface area (TPSA) is 40.5 Å². The highest BCUT2D eigenvalue weighted by atomic mass is 35.5. The third kappa shape index (κ3) is 3.37. The SMILES string of the molecule is CC(O)C(=O)N(C)Cc1ccc(Cl)c(Cl)c1. The van der Waals surface area contributed by atoms with E-state index in [0.717, 1.165) is 5.56 Å². The van der Waals surface area contributed by atoms with Gasteiger partial charge < -0.3 is 10.0 Å². The molecule has 0 bridgehead atoms. The zero-order chi connectivity index (χ0) is 12.3. The lowest BCUT2D eigenvalue weighted by atomic mass is 10.2. The van der Waals surface area contributed by atoms with E-state index < -0.39 is 6.10 Å². The van der Waals surface area contributed by atoms with E-state index in [-0.39, 0.29) is 5.91 Å². The Morgan fingerprint density at radius 3 is 2.56 bits per heavy atom. The van der Waals surface area contributed by atoms with E-state index in [4.69, 9.17) is 28.3 Å². The van der Waals surface area contributed by atoms with Crippen LogP contribution < -0.4 is 0 Å². The summed E-state index contributed by atoms with van der Waals surface area (Å²) in [4.78, 5) is 12.9. The molecule has 0 aliphatic rings. The summed E-state index contributed by atoms with van der Waals surface area (Å²) in [5, 5.41) is 10.1. The second-order valence-electron chi connectivity index (χ2n) is 3.62. The predicted octanol–water partition coefficient (Wildman–Crippen LogP) is 2.33. The van der Waals surface area contributed by atoms with Crippen LogP contribution in [0.15, 0.2) is 18.2 Å². The lowest BCUT2D eigenvalue weighted by Gasteiger charge is -2.19. The van der Waals surface area contributed by atoms with Gasteiger partial charge in [0.2, 0.25) is 0 Å². The van der Waals surface area contributed by atoms with Crippen LogP contribution >= 0.6 is 23.2 Å². The number of benzene rings is 1. The number of hydrogen-bond donors (Lipinski definition) is 1. The Labute approximate surface area is 105 Å². The van der Waals surface area contributed by atoms with Crippen molar-refractivity contribution in [1.82, 2.24) is 4.90 Å². The van der Waals surface area contributed by atoms with Crippen molar-refractivity contribution in [3.63, 3.8) is 0 Å². The minimum atomic E-state index is -0.993. The van der Waals surface area contributed by atoms with E-state index in [2.05, 4.69) is 0 Å². The number of hydrogen-bond acceptors (Lipinski definition) is 2. The first kappa shape index (κ1) is 13.3. The molecule has 1 N–H and O–H groups in total. The standard InChI is InChI=1S/C11H13Cl2NO2/c1-7(15)11(16)14(2)6-8-3-4-9(12)10(13)5-8/h3-5,7,15H,6H2,1-2H3. The summed E-state index contributed by atoms with van der Waals surface area (Å²) in [6, 6.07) is 5.18. The van der Waals surface area contributed by atoms with Crippen LogP contribution in [0, 0.1) is 0 Å². The number of carbonyl (C=O) groups is 1.